The van der Waals surface area contributed by atoms with E-state index in [2.05, 4.69) is 6.58 Å². The number of hydrogen-bond donors (Lipinski definition) is 0. The first-order valence-electron chi connectivity index (χ1n) is 3.07. The number of carbonyl (C=O) groups is 1. The quantitative estimate of drug-likeness (QED) is 0.389. The van der Waals surface area contributed by atoms with Gasteiger partial charge in [0.2, 0.25) is 0 Å². The molecule has 0 aromatic carbocycles. The van der Waals surface area contributed by atoms with Crippen LogP contribution in [0, 0.1) is 5.92 Å². The van der Waals surface area contributed by atoms with E-state index in [4.69, 9.17) is 4.74 Å². The lowest BCUT2D eigenvalue weighted by molar-refractivity contribution is -0.142. The molecule has 0 aliphatic carbocycles. The van der Waals surface area contributed by atoms with Gasteiger partial charge in [-0.3, -0.25) is 4.79 Å². The third-order valence-corrected chi connectivity index (χ3v) is 1.52. The Kier molecular flexibility index (Phi) is 1.56. The van der Waals surface area contributed by atoms with E-state index in [1.165, 1.54) is 0 Å². The van der Waals surface area contributed by atoms with Crippen molar-refractivity contribution in [2.45, 2.75) is 19.4 Å². The fourth-order valence-corrected chi connectivity index (χ4v) is 0.902. The van der Waals surface area contributed by atoms with Crippen LogP contribution in [0.2, 0.25) is 0 Å². The van der Waals surface area contributed by atoms with Crippen molar-refractivity contribution in [2.24, 2.45) is 5.92 Å². The maximum atomic E-state index is 10.7. The zero-order chi connectivity index (χ0) is 6.85. The Balaban J connectivity index is 2.53. The highest BCUT2D eigenvalue weighted by molar-refractivity contribution is 5.74. The number of esters is 1. The van der Waals surface area contributed by atoms with Crippen LogP contribution in [0.15, 0.2) is 12.7 Å². The maximum Gasteiger partial charge on any atom is 0.309 e. The van der Waals surface area contributed by atoms with Gasteiger partial charge in [-0.05, 0) is 0 Å². The van der Waals surface area contributed by atoms with Gasteiger partial charge >= 0.3 is 5.97 Å². The molecule has 0 saturated carbocycles. The molecule has 9 heavy (non-hydrogen) atoms. The smallest absolute Gasteiger partial charge is 0.309 e. The predicted molar refractivity (Wildman–Crippen MR) is 33.9 cm³/mol. The van der Waals surface area contributed by atoms with Gasteiger partial charge in [0.1, 0.15) is 6.10 Å². The second-order valence-electron chi connectivity index (χ2n) is 2.35. The Hall–Kier alpha value is -0.790. The molecule has 1 aliphatic rings. The number of hydrogen-bond acceptors (Lipinski definition) is 2. The molecular formula is C7H10O2. The second kappa shape index (κ2) is 2.21. The summed E-state index contributed by atoms with van der Waals surface area (Å²) in [5, 5.41) is 0. The van der Waals surface area contributed by atoms with Crippen LogP contribution >= 0.6 is 0 Å². The van der Waals surface area contributed by atoms with Crippen LogP contribution in [0.3, 0.4) is 0 Å². The molecule has 1 saturated heterocycles. The zero-order valence-corrected chi connectivity index (χ0v) is 5.46. The van der Waals surface area contributed by atoms with Gasteiger partial charge in [0, 0.05) is 6.42 Å². The van der Waals surface area contributed by atoms with Crippen molar-refractivity contribution in [3.8, 4) is 0 Å². The molecule has 50 valence electrons. The molecule has 2 heteroatoms. The van der Waals surface area contributed by atoms with Crippen LogP contribution < -0.4 is 0 Å². The van der Waals surface area contributed by atoms with Crippen LogP contribution in [-0.2, 0) is 9.53 Å². The van der Waals surface area contributed by atoms with Gasteiger partial charge in [0.25, 0.3) is 0 Å². The molecule has 0 N–H and O–H groups in total. The first-order chi connectivity index (χ1) is 4.24. The molecule has 0 bridgehead atoms. The van der Waals surface area contributed by atoms with Crippen LogP contribution in [-0.4, -0.2) is 12.1 Å². The van der Waals surface area contributed by atoms with E-state index in [-0.39, 0.29) is 18.0 Å². The molecule has 0 unspecified atom stereocenters. The Bertz CT molecular complexity index is 140. The monoisotopic (exact) mass is 126 g/mol. The minimum Gasteiger partial charge on any atom is -0.458 e. The fraction of sp³-hybridized carbons (Fsp3) is 0.571. The summed E-state index contributed by atoms with van der Waals surface area (Å²) < 4.78 is 4.87. The van der Waals surface area contributed by atoms with Crippen LogP contribution in [0.5, 0.6) is 0 Å². The number of rotatable bonds is 1. The predicted octanol–water partition coefficient (Wildman–Crippen LogP) is 1.12. The Morgan fingerprint density at radius 3 is 2.78 bits per heavy atom. The van der Waals surface area contributed by atoms with Crippen molar-refractivity contribution in [3.63, 3.8) is 0 Å². The molecule has 0 aromatic heterocycles. The lowest BCUT2D eigenvalue weighted by Crippen LogP contribution is -2.02. The Labute approximate surface area is 54.5 Å². The van der Waals surface area contributed by atoms with Gasteiger partial charge < -0.3 is 4.74 Å². The fourth-order valence-electron chi connectivity index (χ4n) is 0.902. The summed E-state index contributed by atoms with van der Waals surface area (Å²) in [7, 11) is 0. The minimum atomic E-state index is -0.0973. The summed E-state index contributed by atoms with van der Waals surface area (Å²) in [6, 6.07) is 0. The molecule has 1 heterocycles. The van der Waals surface area contributed by atoms with E-state index in [0.717, 1.165) is 6.42 Å². The zero-order valence-electron chi connectivity index (χ0n) is 5.46. The Morgan fingerprint density at radius 2 is 2.56 bits per heavy atom. The highest BCUT2D eigenvalue weighted by Crippen LogP contribution is 2.20. The lowest BCUT2D eigenvalue weighted by atomic mass is 10.1. The molecule has 2 nitrogen and oxygen atoms in total. The average molecular weight is 126 g/mol. The third-order valence-electron chi connectivity index (χ3n) is 1.52. The average Bonchev–Trinajstić information content (AvgIpc) is 2.13. The van der Waals surface area contributed by atoms with E-state index in [1.54, 1.807) is 6.08 Å². The number of ether oxygens (including phenoxy) is 1. The van der Waals surface area contributed by atoms with Crippen molar-refractivity contribution < 1.29 is 9.53 Å². The molecule has 0 radical (unpaired) electrons. The van der Waals surface area contributed by atoms with Crippen LogP contribution in [0.4, 0.5) is 0 Å². The van der Waals surface area contributed by atoms with Gasteiger partial charge in [0.15, 0.2) is 0 Å². The van der Waals surface area contributed by atoms with Crippen LogP contribution in [0.1, 0.15) is 13.3 Å². The van der Waals surface area contributed by atoms with Gasteiger partial charge in [-0.2, -0.15) is 0 Å². The highest BCUT2D eigenvalue weighted by Gasteiger charge is 2.28. The SMILES string of the molecule is C=C[C@@H]1C[C@H](C)C(=O)O1. The van der Waals surface area contributed by atoms with E-state index >= 15 is 0 Å². The Morgan fingerprint density at radius 1 is 1.89 bits per heavy atom. The minimum absolute atomic E-state index is 0.0347. The van der Waals surface area contributed by atoms with Gasteiger partial charge in [0.05, 0.1) is 5.92 Å². The first-order valence-corrected chi connectivity index (χ1v) is 3.07. The molecular weight excluding hydrogens is 116 g/mol. The lowest BCUT2D eigenvalue weighted by Gasteiger charge is -1.97. The van der Waals surface area contributed by atoms with Gasteiger partial charge in [-0.15, -0.1) is 0 Å². The number of carbonyl (C=O) groups excluding carboxylic acids is 1. The standard InChI is InChI=1S/C7H10O2/c1-3-6-4-5(2)7(8)9-6/h3,5-6H,1,4H2,2H3/t5-,6+/m0/s1. The third kappa shape index (κ3) is 1.12. The first kappa shape index (κ1) is 6.33. The summed E-state index contributed by atoms with van der Waals surface area (Å²) >= 11 is 0. The van der Waals surface area contributed by atoms with Gasteiger partial charge in [-0.1, -0.05) is 19.6 Å². The van der Waals surface area contributed by atoms with E-state index in [1.807, 2.05) is 6.92 Å². The highest BCUT2D eigenvalue weighted by atomic mass is 16.5. The molecule has 0 amide bonds. The number of cyclic esters (lactones) is 1. The summed E-state index contributed by atoms with van der Waals surface area (Å²) in [6.45, 7) is 5.40. The van der Waals surface area contributed by atoms with Crippen LogP contribution in [0.25, 0.3) is 0 Å². The maximum absolute atomic E-state index is 10.7. The van der Waals surface area contributed by atoms with Crippen molar-refractivity contribution in [1.82, 2.24) is 0 Å². The molecule has 1 aliphatic heterocycles. The largest absolute Gasteiger partial charge is 0.458 e. The van der Waals surface area contributed by atoms with Gasteiger partial charge in [-0.25, -0.2) is 0 Å². The molecule has 1 fully saturated rings. The van der Waals surface area contributed by atoms with E-state index in [0.29, 0.717) is 0 Å². The molecule has 0 aromatic rings. The van der Waals surface area contributed by atoms with E-state index < -0.39 is 0 Å². The summed E-state index contributed by atoms with van der Waals surface area (Å²) in [6.07, 6.45) is 2.43. The molecule has 2 atom stereocenters. The normalized spacial score (nSPS) is 34.1. The van der Waals surface area contributed by atoms with Crippen molar-refractivity contribution in [2.75, 3.05) is 0 Å². The van der Waals surface area contributed by atoms with Crippen molar-refractivity contribution in [3.05, 3.63) is 12.7 Å². The summed E-state index contributed by atoms with van der Waals surface area (Å²) in [4.78, 5) is 10.7. The second-order valence-corrected chi connectivity index (χ2v) is 2.35. The van der Waals surface area contributed by atoms with E-state index in [9.17, 15) is 4.79 Å². The van der Waals surface area contributed by atoms with Crippen molar-refractivity contribution >= 4 is 5.97 Å². The summed E-state index contributed by atoms with van der Waals surface area (Å²) in [5.74, 6) is -0.0344. The van der Waals surface area contributed by atoms with Crippen molar-refractivity contribution in [1.29, 1.82) is 0 Å². The topological polar surface area (TPSA) is 26.3 Å². The molecule has 0 spiro atoms. The molecule has 1 rings (SSSR count). The summed E-state index contributed by atoms with van der Waals surface area (Å²) in [5.41, 5.74) is 0.